The van der Waals surface area contributed by atoms with E-state index in [1.807, 2.05) is 0 Å². The Hall–Kier alpha value is -0.900. The Morgan fingerprint density at radius 3 is 2.87 bits per heavy atom. The van der Waals surface area contributed by atoms with Crippen molar-refractivity contribution in [3.8, 4) is 0 Å². The second-order valence-corrected chi connectivity index (χ2v) is 5.01. The summed E-state index contributed by atoms with van der Waals surface area (Å²) in [7, 11) is 0. The molecule has 0 unspecified atom stereocenters. The first-order chi connectivity index (χ1) is 7.30. The number of hydrogen-bond donors (Lipinski definition) is 1. The number of fused-ring (bicyclic) bond motifs is 1. The number of hydrogen-bond acceptors (Lipinski definition) is 3. The second-order valence-electron chi connectivity index (χ2n) is 5.01. The molecule has 0 spiro atoms. The zero-order valence-electron chi connectivity index (χ0n) is 9.29. The molecule has 0 aromatic carbocycles. The van der Waals surface area contributed by atoms with Gasteiger partial charge in [-0.3, -0.25) is 0 Å². The number of nitrogens with zero attached hydrogens (tertiary/aromatic N) is 3. The van der Waals surface area contributed by atoms with Crippen molar-refractivity contribution in [2.45, 2.75) is 44.6 Å². The molecule has 0 aliphatic carbocycles. The lowest BCUT2D eigenvalue weighted by molar-refractivity contribution is 0.308. The smallest absolute Gasteiger partial charge is 0.139 e. The summed E-state index contributed by atoms with van der Waals surface area (Å²) >= 11 is 0. The molecule has 1 fully saturated rings. The molecule has 0 radical (unpaired) electrons. The molecule has 3 rings (SSSR count). The maximum atomic E-state index is 4.42. The normalized spacial score (nSPS) is 24.1. The van der Waals surface area contributed by atoms with Crippen molar-refractivity contribution in [1.82, 2.24) is 20.1 Å². The first-order valence-corrected chi connectivity index (χ1v) is 5.93. The van der Waals surface area contributed by atoms with Crippen LogP contribution in [0.2, 0.25) is 0 Å². The monoisotopic (exact) mass is 206 g/mol. The maximum Gasteiger partial charge on any atom is 0.139 e. The fourth-order valence-corrected chi connectivity index (χ4v) is 2.80. The average Bonchev–Trinajstić information content (AvgIpc) is 2.78. The fourth-order valence-electron chi connectivity index (χ4n) is 2.80. The van der Waals surface area contributed by atoms with E-state index >= 15 is 0 Å². The van der Waals surface area contributed by atoms with Crippen molar-refractivity contribution in [3.63, 3.8) is 0 Å². The molecule has 1 saturated heterocycles. The number of aryl methyl sites for hydroxylation is 1. The molecule has 0 bridgehead atoms. The Morgan fingerprint density at radius 2 is 2.07 bits per heavy atom. The van der Waals surface area contributed by atoms with E-state index in [4.69, 9.17) is 0 Å². The summed E-state index contributed by atoms with van der Waals surface area (Å²) in [5.74, 6) is 2.43. The summed E-state index contributed by atoms with van der Waals surface area (Å²) in [4.78, 5) is 0. The van der Waals surface area contributed by atoms with Gasteiger partial charge in [0.1, 0.15) is 11.6 Å². The Labute approximate surface area is 90.1 Å². The van der Waals surface area contributed by atoms with E-state index in [-0.39, 0.29) is 5.41 Å². The van der Waals surface area contributed by atoms with E-state index in [1.54, 1.807) is 0 Å². The van der Waals surface area contributed by atoms with Gasteiger partial charge in [-0.25, -0.2) is 0 Å². The highest BCUT2D eigenvalue weighted by Gasteiger charge is 2.35. The van der Waals surface area contributed by atoms with Crippen molar-refractivity contribution in [2.24, 2.45) is 0 Å². The SMILES string of the molecule is CC1(c2nnc3n2CCC3)CCNCC1. The molecule has 2 aliphatic heterocycles. The molecule has 1 aromatic heterocycles. The van der Waals surface area contributed by atoms with Crippen LogP contribution < -0.4 is 5.32 Å². The molecular weight excluding hydrogens is 188 g/mol. The van der Waals surface area contributed by atoms with Gasteiger partial charge in [-0.1, -0.05) is 6.92 Å². The molecule has 4 nitrogen and oxygen atoms in total. The predicted octanol–water partition coefficient (Wildman–Crippen LogP) is 0.865. The van der Waals surface area contributed by atoms with Crippen LogP contribution in [0.3, 0.4) is 0 Å². The molecule has 15 heavy (non-hydrogen) atoms. The highest BCUT2D eigenvalue weighted by molar-refractivity contribution is 5.13. The van der Waals surface area contributed by atoms with Crippen molar-refractivity contribution < 1.29 is 0 Å². The maximum absolute atomic E-state index is 4.42. The molecule has 1 aromatic rings. The lowest BCUT2D eigenvalue weighted by atomic mass is 9.80. The quantitative estimate of drug-likeness (QED) is 0.741. The lowest BCUT2D eigenvalue weighted by Gasteiger charge is -2.33. The van der Waals surface area contributed by atoms with E-state index in [9.17, 15) is 0 Å². The summed E-state index contributed by atoms with van der Waals surface area (Å²) in [5, 5.41) is 12.1. The molecule has 4 heteroatoms. The highest BCUT2D eigenvalue weighted by atomic mass is 15.3. The van der Waals surface area contributed by atoms with Crippen LogP contribution in [-0.4, -0.2) is 27.9 Å². The summed E-state index contributed by atoms with van der Waals surface area (Å²) in [6.07, 6.45) is 4.73. The van der Waals surface area contributed by atoms with E-state index in [0.717, 1.165) is 26.1 Å². The van der Waals surface area contributed by atoms with Crippen LogP contribution in [0.4, 0.5) is 0 Å². The van der Waals surface area contributed by atoms with Crippen LogP contribution in [0.5, 0.6) is 0 Å². The highest BCUT2D eigenvalue weighted by Crippen LogP contribution is 2.33. The molecule has 2 aliphatic rings. The van der Waals surface area contributed by atoms with Crippen LogP contribution in [0.15, 0.2) is 0 Å². The third kappa shape index (κ3) is 1.39. The molecule has 82 valence electrons. The van der Waals surface area contributed by atoms with Gasteiger partial charge in [-0.05, 0) is 32.4 Å². The summed E-state index contributed by atoms with van der Waals surface area (Å²) in [5.41, 5.74) is 0.251. The van der Waals surface area contributed by atoms with Gasteiger partial charge in [0, 0.05) is 18.4 Å². The molecule has 0 saturated carbocycles. The minimum atomic E-state index is 0.251. The van der Waals surface area contributed by atoms with Gasteiger partial charge in [-0.15, -0.1) is 10.2 Å². The average molecular weight is 206 g/mol. The van der Waals surface area contributed by atoms with Crippen molar-refractivity contribution in [1.29, 1.82) is 0 Å². The minimum Gasteiger partial charge on any atom is -0.317 e. The Balaban J connectivity index is 1.97. The third-order valence-electron chi connectivity index (χ3n) is 3.86. The van der Waals surface area contributed by atoms with Crippen LogP contribution in [0.25, 0.3) is 0 Å². The van der Waals surface area contributed by atoms with Gasteiger partial charge in [0.15, 0.2) is 0 Å². The Morgan fingerprint density at radius 1 is 1.27 bits per heavy atom. The third-order valence-corrected chi connectivity index (χ3v) is 3.86. The molecule has 1 N–H and O–H groups in total. The topological polar surface area (TPSA) is 42.7 Å². The number of aromatic nitrogens is 3. The Kier molecular flexibility index (Phi) is 2.06. The lowest BCUT2D eigenvalue weighted by Crippen LogP contribution is -2.39. The van der Waals surface area contributed by atoms with E-state index < -0.39 is 0 Å². The van der Waals surface area contributed by atoms with Gasteiger partial charge in [0.05, 0.1) is 0 Å². The number of piperidine rings is 1. The van der Waals surface area contributed by atoms with Crippen LogP contribution in [0, 0.1) is 0 Å². The van der Waals surface area contributed by atoms with E-state index in [1.165, 1.54) is 30.9 Å². The zero-order chi connectivity index (χ0) is 10.3. The van der Waals surface area contributed by atoms with Gasteiger partial charge < -0.3 is 9.88 Å². The first-order valence-electron chi connectivity index (χ1n) is 5.93. The predicted molar refractivity (Wildman–Crippen MR) is 57.8 cm³/mol. The standard InChI is InChI=1S/C11H18N4/c1-11(4-6-12-7-5-11)10-14-13-9-3-2-8-15(9)10/h12H,2-8H2,1H3. The molecule has 0 amide bonds. The van der Waals surface area contributed by atoms with Gasteiger partial charge in [-0.2, -0.15) is 0 Å². The molecule has 0 atom stereocenters. The van der Waals surface area contributed by atoms with E-state index in [0.29, 0.717) is 0 Å². The van der Waals surface area contributed by atoms with Crippen molar-refractivity contribution >= 4 is 0 Å². The minimum absolute atomic E-state index is 0.251. The van der Waals surface area contributed by atoms with Crippen LogP contribution in [0.1, 0.15) is 37.8 Å². The number of nitrogens with one attached hydrogen (secondary N) is 1. The van der Waals surface area contributed by atoms with Crippen molar-refractivity contribution in [2.75, 3.05) is 13.1 Å². The summed E-state index contributed by atoms with van der Waals surface area (Å²) < 4.78 is 2.35. The first kappa shape index (κ1) is 9.33. The van der Waals surface area contributed by atoms with Crippen LogP contribution >= 0.6 is 0 Å². The van der Waals surface area contributed by atoms with Gasteiger partial charge in [0.25, 0.3) is 0 Å². The number of rotatable bonds is 1. The summed E-state index contributed by atoms with van der Waals surface area (Å²) in [6, 6.07) is 0. The summed E-state index contributed by atoms with van der Waals surface area (Å²) in [6.45, 7) is 5.68. The van der Waals surface area contributed by atoms with Crippen LogP contribution in [-0.2, 0) is 18.4 Å². The van der Waals surface area contributed by atoms with Gasteiger partial charge in [0.2, 0.25) is 0 Å². The largest absolute Gasteiger partial charge is 0.317 e. The van der Waals surface area contributed by atoms with E-state index in [2.05, 4.69) is 27.0 Å². The van der Waals surface area contributed by atoms with Gasteiger partial charge >= 0.3 is 0 Å². The molecule has 3 heterocycles. The fraction of sp³-hybridized carbons (Fsp3) is 0.818. The van der Waals surface area contributed by atoms with Crippen molar-refractivity contribution in [3.05, 3.63) is 11.6 Å². The molecular formula is C11H18N4. The Bertz CT molecular complexity index is 363. The zero-order valence-corrected chi connectivity index (χ0v) is 9.29. The second kappa shape index (κ2) is 3.30.